The number of hydrogen-bond acceptors (Lipinski definition) is 20. The number of methoxy groups -OCH3 is 3. The minimum atomic E-state index is -1.85. The molecule has 0 aliphatic carbocycles. The van der Waals surface area contributed by atoms with Crippen LogP contribution in [0.2, 0.25) is 0 Å². The number of carbonyl (C=O) groups is 4. The summed E-state index contributed by atoms with van der Waals surface area (Å²) < 4.78 is 62.0. The Morgan fingerprint density at radius 3 is 1.78 bits per heavy atom. The van der Waals surface area contributed by atoms with Gasteiger partial charge in [0.15, 0.2) is 65.4 Å². The summed E-state index contributed by atoms with van der Waals surface area (Å²) in [5, 5.41) is 53.3. The first kappa shape index (κ1) is 49.6. The molecule has 0 radical (unpaired) electrons. The Kier molecular flexibility index (Phi) is 17.5. The maximum absolute atomic E-state index is 13.7. The molecular formula is C45H52O20. The predicted molar refractivity (Wildman–Crippen MR) is 224 cm³/mol. The Hall–Kier alpha value is -6.42. The minimum Gasteiger partial charge on any atom is -0.504 e. The van der Waals surface area contributed by atoms with E-state index in [0.717, 1.165) is 26.0 Å². The van der Waals surface area contributed by atoms with E-state index in [2.05, 4.69) is 0 Å². The van der Waals surface area contributed by atoms with Gasteiger partial charge in [0.2, 0.25) is 0 Å². The van der Waals surface area contributed by atoms with Crippen molar-refractivity contribution in [2.45, 2.75) is 88.6 Å². The highest BCUT2D eigenvalue weighted by molar-refractivity contribution is 5.88. The molecule has 352 valence electrons. The van der Waals surface area contributed by atoms with E-state index in [-0.39, 0.29) is 47.5 Å². The second kappa shape index (κ2) is 23.0. The van der Waals surface area contributed by atoms with E-state index >= 15 is 0 Å². The SMILES string of the molecule is COc1ccc(CCO[C@@H]2O[C@H](COC(=O)C=Cc3ccc(O)c(OC)c3)[C@@H](OC(=O)C=Cc3ccc(O)c(OC)c3)[C@H](O[C@@H]3O[C@@H](C)[C@H](O)[C@@H](OC(C)=O)[C@H]3OC(C)=O)[C@H]2O)cc1O. The number of aromatic hydroxyl groups is 3. The number of carbonyl (C=O) groups excluding carboxylic acids is 4. The summed E-state index contributed by atoms with van der Waals surface area (Å²) in [5.41, 5.74) is 1.49. The molecule has 2 aliphatic rings. The fraction of sp³-hybridized carbons (Fsp3) is 0.422. The lowest BCUT2D eigenvalue weighted by atomic mass is 9.96. The van der Waals surface area contributed by atoms with Gasteiger partial charge in [-0.1, -0.05) is 18.2 Å². The number of phenols is 3. The fourth-order valence-corrected chi connectivity index (χ4v) is 6.85. The van der Waals surface area contributed by atoms with Gasteiger partial charge < -0.3 is 77.6 Å². The van der Waals surface area contributed by atoms with Crippen molar-refractivity contribution >= 4 is 36.0 Å². The van der Waals surface area contributed by atoms with E-state index in [0.29, 0.717) is 16.7 Å². The van der Waals surface area contributed by atoms with Gasteiger partial charge in [0, 0.05) is 26.0 Å². The fourth-order valence-electron chi connectivity index (χ4n) is 6.85. The molecule has 10 atom stereocenters. The molecule has 5 N–H and O–H groups in total. The summed E-state index contributed by atoms with van der Waals surface area (Å²) in [4.78, 5) is 51.4. The summed E-state index contributed by atoms with van der Waals surface area (Å²) in [6.45, 7) is 2.77. The third-order valence-corrected chi connectivity index (χ3v) is 10.1. The maximum atomic E-state index is 13.7. The summed E-state index contributed by atoms with van der Waals surface area (Å²) in [5.74, 6) is -3.53. The van der Waals surface area contributed by atoms with Gasteiger partial charge >= 0.3 is 23.9 Å². The number of aliphatic hydroxyl groups is 2. The Morgan fingerprint density at radius 2 is 1.22 bits per heavy atom. The van der Waals surface area contributed by atoms with Crippen LogP contribution >= 0.6 is 0 Å². The Morgan fingerprint density at radius 1 is 0.631 bits per heavy atom. The number of ether oxygens (including phenoxy) is 11. The molecule has 0 amide bonds. The molecular weight excluding hydrogens is 860 g/mol. The van der Waals surface area contributed by atoms with Crippen molar-refractivity contribution in [2.24, 2.45) is 0 Å². The number of hydrogen-bond donors (Lipinski definition) is 5. The lowest BCUT2D eigenvalue weighted by molar-refractivity contribution is -0.358. The number of esters is 4. The van der Waals surface area contributed by atoms with Crippen LogP contribution in [0.15, 0.2) is 66.7 Å². The van der Waals surface area contributed by atoms with Crippen molar-refractivity contribution in [1.29, 1.82) is 0 Å². The number of rotatable bonds is 18. The van der Waals surface area contributed by atoms with E-state index in [9.17, 15) is 44.7 Å². The van der Waals surface area contributed by atoms with Crippen molar-refractivity contribution in [1.82, 2.24) is 0 Å². The van der Waals surface area contributed by atoms with E-state index < -0.39 is 91.9 Å². The molecule has 3 aromatic rings. The van der Waals surface area contributed by atoms with Gasteiger partial charge in [-0.2, -0.15) is 0 Å². The average molecular weight is 913 g/mol. The molecule has 2 heterocycles. The number of benzene rings is 3. The third kappa shape index (κ3) is 13.3. The van der Waals surface area contributed by atoms with Crippen LogP contribution in [0.5, 0.6) is 34.5 Å². The van der Waals surface area contributed by atoms with E-state index in [1.165, 1.54) is 82.9 Å². The zero-order chi connectivity index (χ0) is 47.4. The highest BCUT2D eigenvalue weighted by atomic mass is 16.8. The monoisotopic (exact) mass is 912 g/mol. The van der Waals surface area contributed by atoms with Gasteiger partial charge in [0.05, 0.1) is 34.0 Å². The topological polar surface area (TPSA) is 271 Å². The Bertz CT molecular complexity index is 2190. The molecule has 0 aromatic heterocycles. The van der Waals surface area contributed by atoms with Crippen molar-refractivity contribution in [3.63, 3.8) is 0 Å². The highest BCUT2D eigenvalue weighted by Crippen LogP contribution is 2.35. The number of phenolic OH excluding ortho intramolecular Hbond substituents is 3. The zero-order valence-corrected chi connectivity index (χ0v) is 36.3. The van der Waals surface area contributed by atoms with Crippen molar-refractivity contribution in [2.75, 3.05) is 34.5 Å². The molecule has 20 nitrogen and oxygen atoms in total. The van der Waals surface area contributed by atoms with Crippen LogP contribution in [0.25, 0.3) is 12.2 Å². The second-order valence-corrected chi connectivity index (χ2v) is 14.7. The molecule has 3 aromatic carbocycles. The van der Waals surface area contributed by atoms with Gasteiger partial charge in [-0.3, -0.25) is 9.59 Å². The molecule has 20 heteroatoms. The van der Waals surface area contributed by atoms with Crippen LogP contribution in [0.4, 0.5) is 0 Å². The molecule has 2 fully saturated rings. The van der Waals surface area contributed by atoms with E-state index in [1.807, 2.05) is 0 Å². The van der Waals surface area contributed by atoms with Crippen LogP contribution in [0.3, 0.4) is 0 Å². The summed E-state index contributed by atoms with van der Waals surface area (Å²) >= 11 is 0. The summed E-state index contributed by atoms with van der Waals surface area (Å²) in [6.07, 6.45) is -10.8. The maximum Gasteiger partial charge on any atom is 0.331 e. The van der Waals surface area contributed by atoms with Crippen molar-refractivity contribution < 1.29 is 96.8 Å². The normalized spacial score (nSPS) is 25.4. The highest BCUT2D eigenvalue weighted by Gasteiger charge is 2.54. The predicted octanol–water partition coefficient (Wildman–Crippen LogP) is 2.71. The first-order valence-corrected chi connectivity index (χ1v) is 20.1. The quantitative estimate of drug-likeness (QED) is 0.0697. The van der Waals surface area contributed by atoms with E-state index in [1.54, 1.807) is 12.1 Å². The molecule has 0 unspecified atom stereocenters. The Balaban J connectivity index is 1.50. The molecule has 0 saturated carbocycles. The lowest BCUT2D eigenvalue weighted by Crippen LogP contribution is -2.66. The van der Waals surface area contributed by atoms with Crippen molar-refractivity contribution in [3.05, 3.63) is 83.4 Å². The molecule has 2 aliphatic heterocycles. The zero-order valence-electron chi connectivity index (χ0n) is 36.3. The van der Waals surface area contributed by atoms with Crippen LogP contribution in [-0.2, 0) is 63.5 Å². The Labute approximate surface area is 373 Å². The lowest BCUT2D eigenvalue weighted by Gasteiger charge is -2.47. The molecule has 0 bridgehead atoms. The van der Waals surface area contributed by atoms with Crippen molar-refractivity contribution in [3.8, 4) is 34.5 Å². The second-order valence-electron chi connectivity index (χ2n) is 14.7. The average Bonchev–Trinajstić information content (AvgIpc) is 3.27. The van der Waals surface area contributed by atoms with Crippen LogP contribution in [0.1, 0.15) is 37.5 Å². The molecule has 5 rings (SSSR count). The standard InChI is InChI=1S/C45H52O20/c1-23-38(53)41(61-24(2)46)43(62-25(3)47)45(60-23)65-42-39(54)44(58-18-17-28-9-14-32(55-4)31(50)19-28)63-35(22-59-36(51)15-10-26-7-12-29(48)33(20-26)56-5)40(42)64-37(52)16-11-27-8-13-30(49)34(21-27)57-6/h7-16,19-21,23,35,38-45,48-50,53-54H,17-18,22H2,1-6H3/t23-,35+,38-,39+,40+,41+,42+,43+,44+,45-/m0/s1. The van der Waals surface area contributed by atoms with Gasteiger partial charge in [0.1, 0.15) is 31.0 Å². The molecule has 65 heavy (non-hydrogen) atoms. The van der Waals surface area contributed by atoms with Gasteiger partial charge in [-0.25, -0.2) is 9.59 Å². The van der Waals surface area contributed by atoms with Gasteiger partial charge in [0.25, 0.3) is 0 Å². The first-order valence-electron chi connectivity index (χ1n) is 20.1. The minimum absolute atomic E-state index is 0.120. The first-order chi connectivity index (χ1) is 31.0. The summed E-state index contributed by atoms with van der Waals surface area (Å²) in [7, 11) is 4.10. The smallest absolute Gasteiger partial charge is 0.331 e. The molecule has 2 saturated heterocycles. The van der Waals surface area contributed by atoms with Crippen LogP contribution in [-0.4, -0.2) is 145 Å². The third-order valence-electron chi connectivity index (χ3n) is 10.1. The van der Waals surface area contributed by atoms with Gasteiger partial charge in [-0.05, 0) is 78.6 Å². The van der Waals surface area contributed by atoms with Crippen LogP contribution < -0.4 is 14.2 Å². The van der Waals surface area contributed by atoms with Crippen LogP contribution in [0, 0.1) is 0 Å². The summed E-state index contributed by atoms with van der Waals surface area (Å²) in [6, 6.07) is 13.3. The van der Waals surface area contributed by atoms with E-state index in [4.69, 9.17) is 52.1 Å². The van der Waals surface area contributed by atoms with Gasteiger partial charge in [-0.15, -0.1) is 0 Å². The number of aliphatic hydroxyl groups excluding tert-OH is 2. The largest absolute Gasteiger partial charge is 0.504 e. The molecule has 0 spiro atoms.